The number of fused-ring (bicyclic) bond motifs is 1. The van der Waals surface area contributed by atoms with Crippen molar-refractivity contribution >= 4 is 38.6 Å². The standard InChI is InChI=1S/C16H11BrClN3/c17-12-6-5-11(10-19)15(9-12)21-14-4-2-1-3-13(14)20-16(21)7-8-18/h1-6,9H,7-8H2. The Bertz CT molecular complexity index is 848. The quantitative estimate of drug-likeness (QED) is 0.648. The maximum Gasteiger partial charge on any atom is 0.115 e. The molecular formula is C16H11BrClN3. The Morgan fingerprint density at radius 1 is 1.24 bits per heavy atom. The van der Waals surface area contributed by atoms with Crippen molar-refractivity contribution in [2.24, 2.45) is 0 Å². The maximum absolute atomic E-state index is 9.38. The predicted octanol–water partition coefficient (Wildman–Crippen LogP) is 4.44. The number of aryl methyl sites for hydroxylation is 1. The molecular weight excluding hydrogens is 350 g/mol. The molecule has 0 amide bonds. The Balaban J connectivity index is 2.36. The summed E-state index contributed by atoms with van der Waals surface area (Å²) in [7, 11) is 0. The summed E-state index contributed by atoms with van der Waals surface area (Å²) in [5.74, 6) is 1.35. The second kappa shape index (κ2) is 5.88. The summed E-state index contributed by atoms with van der Waals surface area (Å²) >= 11 is 9.37. The lowest BCUT2D eigenvalue weighted by atomic mass is 10.2. The first-order valence-corrected chi connectivity index (χ1v) is 7.79. The van der Waals surface area contributed by atoms with E-state index in [-0.39, 0.29) is 0 Å². The zero-order valence-corrected chi connectivity index (χ0v) is 13.4. The second-order valence-electron chi connectivity index (χ2n) is 4.56. The van der Waals surface area contributed by atoms with Gasteiger partial charge in [0.2, 0.25) is 0 Å². The van der Waals surface area contributed by atoms with Crippen molar-refractivity contribution in [3.8, 4) is 11.8 Å². The van der Waals surface area contributed by atoms with Crippen LogP contribution in [0.25, 0.3) is 16.7 Å². The van der Waals surface area contributed by atoms with Gasteiger partial charge in [0.15, 0.2) is 0 Å². The number of benzene rings is 2. The molecule has 0 fully saturated rings. The highest BCUT2D eigenvalue weighted by Crippen LogP contribution is 2.26. The van der Waals surface area contributed by atoms with E-state index < -0.39 is 0 Å². The number of aromatic nitrogens is 2. The lowest BCUT2D eigenvalue weighted by Gasteiger charge is -2.11. The molecule has 3 aromatic rings. The van der Waals surface area contributed by atoms with Crippen LogP contribution in [0.15, 0.2) is 46.9 Å². The first-order valence-electron chi connectivity index (χ1n) is 6.47. The number of halogens is 2. The number of imidazole rings is 1. The summed E-state index contributed by atoms with van der Waals surface area (Å²) in [6, 6.07) is 15.7. The van der Waals surface area contributed by atoms with E-state index in [9.17, 15) is 5.26 Å². The Hall–Kier alpha value is -1.83. The fraction of sp³-hybridized carbons (Fsp3) is 0.125. The molecule has 0 spiro atoms. The molecule has 1 aromatic heterocycles. The van der Waals surface area contributed by atoms with Gasteiger partial charge in [-0.05, 0) is 30.3 Å². The summed E-state index contributed by atoms with van der Waals surface area (Å²) in [5, 5.41) is 9.38. The smallest absolute Gasteiger partial charge is 0.115 e. The molecule has 2 aromatic carbocycles. The van der Waals surface area contributed by atoms with Crippen LogP contribution in [-0.4, -0.2) is 15.4 Å². The highest BCUT2D eigenvalue weighted by molar-refractivity contribution is 9.10. The Kier molecular flexibility index (Phi) is 3.96. The van der Waals surface area contributed by atoms with E-state index in [1.807, 2.05) is 41.0 Å². The van der Waals surface area contributed by atoms with Crippen LogP contribution < -0.4 is 0 Å². The summed E-state index contributed by atoms with van der Waals surface area (Å²) in [4.78, 5) is 4.64. The number of hydrogen-bond donors (Lipinski definition) is 0. The monoisotopic (exact) mass is 359 g/mol. The zero-order valence-electron chi connectivity index (χ0n) is 11.1. The van der Waals surface area contributed by atoms with E-state index in [1.54, 1.807) is 6.07 Å². The average Bonchev–Trinajstić information content (AvgIpc) is 2.85. The number of nitriles is 1. The van der Waals surface area contributed by atoms with Crippen LogP contribution in [0.4, 0.5) is 0 Å². The van der Waals surface area contributed by atoms with Crippen molar-refractivity contribution in [2.75, 3.05) is 5.88 Å². The van der Waals surface area contributed by atoms with Gasteiger partial charge in [-0.25, -0.2) is 4.98 Å². The van der Waals surface area contributed by atoms with Crippen molar-refractivity contribution in [1.82, 2.24) is 9.55 Å². The third-order valence-corrected chi connectivity index (χ3v) is 3.95. The molecule has 0 N–H and O–H groups in total. The molecule has 104 valence electrons. The fourth-order valence-corrected chi connectivity index (χ4v) is 2.90. The van der Waals surface area contributed by atoms with Gasteiger partial charge in [0, 0.05) is 16.8 Å². The molecule has 0 atom stereocenters. The molecule has 3 rings (SSSR count). The lowest BCUT2D eigenvalue weighted by Crippen LogP contribution is -2.04. The minimum absolute atomic E-state index is 0.485. The van der Waals surface area contributed by atoms with E-state index in [1.165, 1.54) is 0 Å². The number of rotatable bonds is 3. The number of para-hydroxylation sites is 2. The van der Waals surface area contributed by atoms with Crippen LogP contribution in [0, 0.1) is 11.3 Å². The average molecular weight is 361 g/mol. The molecule has 0 radical (unpaired) electrons. The van der Waals surface area contributed by atoms with E-state index in [2.05, 4.69) is 27.0 Å². The maximum atomic E-state index is 9.38. The molecule has 0 aliphatic heterocycles. The molecule has 0 saturated carbocycles. The molecule has 0 aliphatic carbocycles. The van der Waals surface area contributed by atoms with Gasteiger partial charge in [-0.15, -0.1) is 11.6 Å². The van der Waals surface area contributed by atoms with Gasteiger partial charge in [0.05, 0.1) is 22.3 Å². The van der Waals surface area contributed by atoms with Gasteiger partial charge in [-0.1, -0.05) is 28.1 Å². The SMILES string of the molecule is N#Cc1ccc(Br)cc1-n1c(CCCl)nc2ccccc21. The van der Waals surface area contributed by atoms with Crippen molar-refractivity contribution in [1.29, 1.82) is 5.26 Å². The Morgan fingerprint density at radius 3 is 2.81 bits per heavy atom. The molecule has 0 unspecified atom stereocenters. The molecule has 21 heavy (non-hydrogen) atoms. The van der Waals surface area contributed by atoms with E-state index in [0.717, 1.165) is 27.0 Å². The van der Waals surface area contributed by atoms with Crippen LogP contribution in [0.3, 0.4) is 0 Å². The van der Waals surface area contributed by atoms with E-state index in [4.69, 9.17) is 11.6 Å². The van der Waals surface area contributed by atoms with Crippen molar-refractivity contribution in [3.05, 3.63) is 58.3 Å². The largest absolute Gasteiger partial charge is 0.295 e. The topological polar surface area (TPSA) is 41.6 Å². The van der Waals surface area contributed by atoms with Crippen LogP contribution in [-0.2, 0) is 6.42 Å². The fourth-order valence-electron chi connectivity index (χ4n) is 2.38. The van der Waals surface area contributed by atoms with Crippen LogP contribution in [0.1, 0.15) is 11.4 Å². The number of nitrogens with zero attached hydrogens (tertiary/aromatic N) is 3. The summed E-state index contributed by atoms with van der Waals surface area (Å²) < 4.78 is 2.94. The first kappa shape index (κ1) is 14.1. The number of hydrogen-bond acceptors (Lipinski definition) is 2. The van der Waals surface area contributed by atoms with Gasteiger partial charge in [0.1, 0.15) is 11.9 Å². The summed E-state index contributed by atoms with van der Waals surface area (Å²) in [6.45, 7) is 0. The second-order valence-corrected chi connectivity index (χ2v) is 5.86. The first-order chi connectivity index (χ1) is 10.2. The van der Waals surface area contributed by atoms with Gasteiger partial charge in [0.25, 0.3) is 0 Å². The van der Waals surface area contributed by atoms with E-state index >= 15 is 0 Å². The molecule has 3 nitrogen and oxygen atoms in total. The number of alkyl halides is 1. The van der Waals surface area contributed by atoms with Crippen molar-refractivity contribution < 1.29 is 0 Å². The van der Waals surface area contributed by atoms with Crippen molar-refractivity contribution in [2.45, 2.75) is 6.42 Å². The van der Waals surface area contributed by atoms with Crippen LogP contribution >= 0.6 is 27.5 Å². The van der Waals surface area contributed by atoms with Gasteiger partial charge in [-0.2, -0.15) is 5.26 Å². The van der Waals surface area contributed by atoms with E-state index in [0.29, 0.717) is 17.9 Å². The van der Waals surface area contributed by atoms with Gasteiger partial charge in [-0.3, -0.25) is 4.57 Å². The molecule has 1 heterocycles. The summed E-state index contributed by atoms with van der Waals surface area (Å²) in [5.41, 5.74) is 3.31. The Morgan fingerprint density at radius 2 is 2.05 bits per heavy atom. The highest BCUT2D eigenvalue weighted by Gasteiger charge is 2.15. The van der Waals surface area contributed by atoms with Crippen LogP contribution in [0.5, 0.6) is 0 Å². The summed E-state index contributed by atoms with van der Waals surface area (Å²) in [6.07, 6.45) is 0.646. The van der Waals surface area contributed by atoms with Gasteiger partial charge >= 0.3 is 0 Å². The molecule has 0 bridgehead atoms. The minimum atomic E-state index is 0.485. The van der Waals surface area contributed by atoms with Crippen molar-refractivity contribution in [3.63, 3.8) is 0 Å². The highest BCUT2D eigenvalue weighted by atomic mass is 79.9. The normalized spacial score (nSPS) is 10.7. The van der Waals surface area contributed by atoms with Crippen LogP contribution in [0.2, 0.25) is 0 Å². The molecule has 5 heteroatoms. The Labute approximate surface area is 135 Å². The minimum Gasteiger partial charge on any atom is -0.295 e. The third kappa shape index (κ3) is 2.55. The third-order valence-electron chi connectivity index (χ3n) is 3.27. The lowest BCUT2D eigenvalue weighted by molar-refractivity contribution is 0.910. The predicted molar refractivity (Wildman–Crippen MR) is 87.9 cm³/mol. The van der Waals surface area contributed by atoms with Gasteiger partial charge < -0.3 is 0 Å². The zero-order chi connectivity index (χ0) is 14.8. The molecule has 0 aliphatic rings. The molecule has 0 saturated heterocycles.